The lowest BCUT2D eigenvalue weighted by atomic mass is 10.1. The van der Waals surface area contributed by atoms with Crippen LogP contribution in [0.2, 0.25) is 0 Å². The molecule has 1 amide bonds. The Balaban J connectivity index is 1.57. The van der Waals surface area contributed by atoms with E-state index in [-0.39, 0.29) is 5.91 Å². The highest BCUT2D eigenvalue weighted by molar-refractivity contribution is 9.10. The molecule has 0 unspecified atom stereocenters. The quantitative estimate of drug-likeness (QED) is 0.372. The smallest absolute Gasteiger partial charge is 0.265 e. The van der Waals surface area contributed by atoms with Crippen molar-refractivity contribution in [1.29, 1.82) is 0 Å². The molecule has 0 saturated heterocycles. The second-order valence-corrected chi connectivity index (χ2v) is 9.00. The van der Waals surface area contributed by atoms with Crippen LogP contribution in [0.3, 0.4) is 0 Å². The van der Waals surface area contributed by atoms with Crippen LogP contribution in [0.15, 0.2) is 80.8 Å². The van der Waals surface area contributed by atoms with Gasteiger partial charge in [0.25, 0.3) is 5.91 Å². The number of benzene rings is 2. The van der Waals surface area contributed by atoms with Gasteiger partial charge >= 0.3 is 0 Å². The van der Waals surface area contributed by atoms with Crippen LogP contribution >= 0.6 is 39.0 Å². The number of para-hydroxylation sites is 1. The predicted octanol–water partition coefficient (Wildman–Crippen LogP) is 5.86. The van der Waals surface area contributed by atoms with E-state index in [1.807, 2.05) is 46.5 Å². The molecule has 8 heteroatoms. The Morgan fingerprint density at radius 1 is 1.14 bits per heavy atom. The first-order valence-corrected chi connectivity index (χ1v) is 11.3. The maximum Gasteiger partial charge on any atom is 0.265 e. The molecule has 0 atom stereocenters. The number of hydrogen-bond donors (Lipinski definition) is 1. The van der Waals surface area contributed by atoms with Crippen molar-refractivity contribution >= 4 is 50.6 Å². The molecule has 0 saturated carbocycles. The number of nitrogens with one attached hydrogen (secondary N) is 1. The normalized spacial score (nSPS) is 10.8. The third kappa shape index (κ3) is 4.95. The van der Waals surface area contributed by atoms with Gasteiger partial charge in [-0.15, -0.1) is 16.4 Å². The van der Waals surface area contributed by atoms with Crippen molar-refractivity contribution in [3.05, 3.63) is 86.8 Å². The molecule has 0 aliphatic heterocycles. The summed E-state index contributed by atoms with van der Waals surface area (Å²) in [6, 6.07) is 19.7. The van der Waals surface area contributed by atoms with Gasteiger partial charge in [-0.25, -0.2) is 4.68 Å². The third-order valence-corrected chi connectivity index (χ3v) is 6.41. The van der Waals surface area contributed by atoms with E-state index in [9.17, 15) is 4.79 Å². The number of carbonyl (C=O) groups excluding carboxylic acids is 1. The molecular formula is C21H17BrN4OS2. The minimum atomic E-state index is -0.115. The first kappa shape index (κ1) is 19.9. The van der Waals surface area contributed by atoms with Gasteiger partial charge in [0, 0.05) is 4.90 Å². The molecule has 5 nitrogen and oxygen atoms in total. The number of carbonyl (C=O) groups is 1. The first-order chi connectivity index (χ1) is 14.1. The Hall–Kier alpha value is -2.42. The summed E-state index contributed by atoms with van der Waals surface area (Å²) in [6.45, 7) is 2.68. The van der Waals surface area contributed by atoms with Gasteiger partial charge in [0.15, 0.2) is 5.16 Å². The van der Waals surface area contributed by atoms with Crippen molar-refractivity contribution < 1.29 is 4.79 Å². The first-order valence-electron chi connectivity index (χ1n) is 8.86. The van der Waals surface area contributed by atoms with Crippen molar-refractivity contribution in [1.82, 2.24) is 14.8 Å². The zero-order valence-corrected chi connectivity index (χ0v) is 18.7. The monoisotopic (exact) mass is 484 g/mol. The van der Waals surface area contributed by atoms with E-state index in [0.717, 1.165) is 21.3 Å². The Bertz CT molecular complexity index is 1120. The summed E-state index contributed by atoms with van der Waals surface area (Å²) in [5.74, 6) is -0.115. The van der Waals surface area contributed by atoms with Crippen LogP contribution in [0.1, 0.15) is 20.8 Å². The number of aromatic nitrogens is 3. The fourth-order valence-electron chi connectivity index (χ4n) is 2.70. The Morgan fingerprint density at radius 3 is 2.69 bits per heavy atom. The van der Waals surface area contributed by atoms with Crippen LogP contribution in [0.5, 0.6) is 0 Å². The predicted molar refractivity (Wildman–Crippen MR) is 121 cm³/mol. The minimum absolute atomic E-state index is 0.115. The van der Waals surface area contributed by atoms with E-state index < -0.39 is 0 Å². The Labute approximate surface area is 185 Å². The molecule has 0 spiro atoms. The number of nitrogens with zero attached hydrogens (tertiary/aromatic N) is 3. The lowest BCUT2D eigenvalue weighted by molar-refractivity contribution is 0.103. The van der Waals surface area contributed by atoms with Gasteiger partial charge in [-0.05, 0) is 63.8 Å². The number of thiophene rings is 1. The number of rotatable bonds is 6. The number of aryl methyl sites for hydroxylation is 1. The Kier molecular flexibility index (Phi) is 6.13. The van der Waals surface area contributed by atoms with Gasteiger partial charge in [-0.2, -0.15) is 4.98 Å². The summed E-state index contributed by atoms with van der Waals surface area (Å²) in [7, 11) is 0. The van der Waals surface area contributed by atoms with E-state index in [1.165, 1.54) is 28.7 Å². The number of amides is 1. The van der Waals surface area contributed by atoms with E-state index in [1.54, 1.807) is 0 Å². The van der Waals surface area contributed by atoms with E-state index in [4.69, 9.17) is 0 Å². The second-order valence-electron chi connectivity index (χ2n) is 6.34. The number of hydrogen-bond acceptors (Lipinski definition) is 5. The van der Waals surface area contributed by atoms with E-state index in [0.29, 0.717) is 16.2 Å². The highest BCUT2D eigenvalue weighted by Gasteiger charge is 2.15. The van der Waals surface area contributed by atoms with Crippen LogP contribution in [0.4, 0.5) is 5.69 Å². The molecule has 0 aliphatic rings. The number of halogens is 1. The zero-order chi connectivity index (χ0) is 20.2. The second kappa shape index (κ2) is 8.94. The molecule has 2 aromatic heterocycles. The average Bonchev–Trinajstić information content (AvgIpc) is 3.35. The van der Waals surface area contributed by atoms with Gasteiger partial charge < -0.3 is 5.32 Å². The van der Waals surface area contributed by atoms with Crippen LogP contribution in [-0.4, -0.2) is 20.7 Å². The van der Waals surface area contributed by atoms with Crippen molar-refractivity contribution in [3.63, 3.8) is 0 Å². The fraction of sp³-hybridized carbons (Fsp3) is 0.0952. The topological polar surface area (TPSA) is 59.8 Å². The molecule has 0 bridgehead atoms. The minimum Gasteiger partial charge on any atom is -0.320 e. The van der Waals surface area contributed by atoms with Gasteiger partial charge in [0.2, 0.25) is 4.73 Å². The summed E-state index contributed by atoms with van der Waals surface area (Å²) in [5, 5.41) is 10.1. The molecule has 29 heavy (non-hydrogen) atoms. The van der Waals surface area contributed by atoms with E-state index >= 15 is 0 Å². The van der Waals surface area contributed by atoms with Crippen LogP contribution < -0.4 is 5.32 Å². The van der Waals surface area contributed by atoms with Gasteiger partial charge in [-0.1, -0.05) is 48.0 Å². The van der Waals surface area contributed by atoms with Gasteiger partial charge in [0.05, 0.1) is 17.1 Å². The van der Waals surface area contributed by atoms with E-state index in [2.05, 4.69) is 62.5 Å². The zero-order valence-electron chi connectivity index (χ0n) is 15.5. The maximum absolute atomic E-state index is 12.5. The van der Waals surface area contributed by atoms with Crippen LogP contribution in [0, 0.1) is 6.92 Å². The molecule has 4 aromatic rings. The lowest BCUT2D eigenvalue weighted by Gasteiger charge is -2.11. The highest BCUT2D eigenvalue weighted by atomic mass is 79.9. The highest BCUT2D eigenvalue weighted by Crippen LogP contribution is 2.33. The molecule has 0 fully saturated rings. The molecule has 2 heterocycles. The van der Waals surface area contributed by atoms with Gasteiger partial charge in [-0.3, -0.25) is 4.79 Å². The van der Waals surface area contributed by atoms with Crippen molar-refractivity contribution in [3.8, 4) is 0 Å². The maximum atomic E-state index is 12.5. The molecule has 2 aromatic carbocycles. The summed E-state index contributed by atoms with van der Waals surface area (Å²) >= 11 is 6.27. The lowest BCUT2D eigenvalue weighted by Crippen LogP contribution is -2.11. The molecule has 0 aliphatic carbocycles. The Morgan fingerprint density at radius 2 is 1.93 bits per heavy atom. The summed E-state index contributed by atoms with van der Waals surface area (Å²) in [6.07, 6.45) is 0. The fourth-order valence-corrected chi connectivity index (χ4v) is 4.71. The molecular weight excluding hydrogens is 468 g/mol. The molecule has 0 radical (unpaired) electrons. The SMILES string of the molecule is Cc1ccc(Cn2nc(Br)nc2Sc2ccccc2NC(=O)c2cccs2)cc1. The average molecular weight is 485 g/mol. The van der Waals surface area contributed by atoms with Crippen molar-refractivity contribution in [2.24, 2.45) is 0 Å². The summed E-state index contributed by atoms with van der Waals surface area (Å²) in [5.41, 5.74) is 3.12. The van der Waals surface area contributed by atoms with Gasteiger partial charge in [0.1, 0.15) is 0 Å². The van der Waals surface area contributed by atoms with Crippen LogP contribution in [-0.2, 0) is 6.54 Å². The third-order valence-electron chi connectivity index (χ3n) is 4.15. The molecule has 4 rings (SSSR count). The number of anilines is 1. The van der Waals surface area contributed by atoms with Crippen molar-refractivity contribution in [2.45, 2.75) is 23.5 Å². The van der Waals surface area contributed by atoms with Crippen molar-refractivity contribution in [2.75, 3.05) is 5.32 Å². The largest absolute Gasteiger partial charge is 0.320 e. The summed E-state index contributed by atoms with van der Waals surface area (Å²) in [4.78, 5) is 18.6. The summed E-state index contributed by atoms with van der Waals surface area (Å²) < 4.78 is 2.39. The molecule has 1 N–H and O–H groups in total. The van der Waals surface area contributed by atoms with Crippen LogP contribution in [0.25, 0.3) is 0 Å². The molecule has 146 valence electrons. The standard InChI is InChI=1S/C21H17BrN4OS2/c1-14-8-10-15(11-9-14)13-26-21(24-20(22)25-26)29-17-6-3-2-5-16(17)23-19(27)18-7-4-12-28-18/h2-12H,13H2,1H3,(H,23,27).